The zero-order valence-electron chi connectivity index (χ0n) is 24.2. The van der Waals surface area contributed by atoms with Crippen molar-refractivity contribution in [3.63, 3.8) is 0 Å². The van der Waals surface area contributed by atoms with Crippen LogP contribution in [-0.4, -0.2) is 57.7 Å². The number of carbonyl (C=O) groups excluding carboxylic acids is 2. The van der Waals surface area contributed by atoms with Gasteiger partial charge in [-0.3, -0.25) is 9.36 Å². The second kappa shape index (κ2) is 13.4. The van der Waals surface area contributed by atoms with Gasteiger partial charge in [-0.05, 0) is 62.2 Å². The molecular weight excluding hydrogens is 564 g/mol. The van der Waals surface area contributed by atoms with Gasteiger partial charge in [0.05, 0.1) is 56.4 Å². The Morgan fingerprint density at radius 1 is 0.929 bits per heavy atom. The first kappa shape index (κ1) is 30.4. The van der Waals surface area contributed by atoms with Crippen LogP contribution in [0.4, 0.5) is 0 Å². The maximum absolute atomic E-state index is 13.9. The number of aromatic nitrogens is 1. The van der Waals surface area contributed by atoms with Crippen LogP contribution in [0.25, 0.3) is 6.08 Å². The Labute approximate surface area is 246 Å². The molecule has 42 heavy (non-hydrogen) atoms. The molecule has 0 N–H and O–H groups in total. The third-order valence-corrected chi connectivity index (χ3v) is 7.36. The molecule has 1 aromatic heterocycles. The highest BCUT2D eigenvalue weighted by molar-refractivity contribution is 7.07. The minimum Gasteiger partial charge on any atom is -0.493 e. The summed E-state index contributed by atoms with van der Waals surface area (Å²) in [6.07, 6.45) is 1.70. The Morgan fingerprint density at radius 2 is 1.60 bits per heavy atom. The van der Waals surface area contributed by atoms with Crippen molar-refractivity contribution in [2.24, 2.45) is 4.99 Å². The first-order valence-electron chi connectivity index (χ1n) is 13.1. The topological polar surface area (TPSA) is 124 Å². The average molecular weight is 597 g/mol. The van der Waals surface area contributed by atoms with Crippen LogP contribution >= 0.6 is 11.3 Å². The molecule has 0 aliphatic carbocycles. The van der Waals surface area contributed by atoms with Gasteiger partial charge < -0.3 is 28.4 Å². The van der Waals surface area contributed by atoms with Crippen LogP contribution in [0.15, 0.2) is 57.5 Å². The van der Waals surface area contributed by atoms with Gasteiger partial charge >= 0.3 is 11.9 Å². The predicted molar refractivity (Wildman–Crippen MR) is 155 cm³/mol. The van der Waals surface area contributed by atoms with Gasteiger partial charge in [0.2, 0.25) is 0 Å². The minimum absolute atomic E-state index is 0.167. The van der Waals surface area contributed by atoms with Gasteiger partial charge in [-0.15, -0.1) is 0 Å². The number of hydrogen-bond acceptors (Lipinski definition) is 11. The molecule has 0 radical (unpaired) electrons. The van der Waals surface area contributed by atoms with Crippen LogP contribution in [0.2, 0.25) is 0 Å². The smallest absolute Gasteiger partial charge is 0.344 e. The van der Waals surface area contributed by atoms with Gasteiger partial charge in [0.25, 0.3) is 5.56 Å². The SMILES string of the molecule is CCOC(=O)COc1ccc(/C=c2\sc3n(c2=O)[C@H](c2ccc(OC)c(OC)c2)C(C(=O)OCC)=C(C)N=3)cc1OC. The Balaban J connectivity index is 1.82. The summed E-state index contributed by atoms with van der Waals surface area (Å²) in [4.78, 5) is 43.8. The summed E-state index contributed by atoms with van der Waals surface area (Å²) in [5.74, 6) is 0.641. The van der Waals surface area contributed by atoms with E-state index in [0.717, 1.165) is 0 Å². The zero-order chi connectivity index (χ0) is 30.4. The summed E-state index contributed by atoms with van der Waals surface area (Å²) in [5.41, 5.74) is 1.65. The molecule has 0 bridgehead atoms. The quantitative estimate of drug-likeness (QED) is 0.308. The fourth-order valence-electron chi connectivity index (χ4n) is 4.51. The number of benzene rings is 2. The van der Waals surface area contributed by atoms with E-state index in [2.05, 4.69) is 4.99 Å². The van der Waals surface area contributed by atoms with E-state index in [-0.39, 0.29) is 31.0 Å². The second-order valence-electron chi connectivity index (χ2n) is 8.92. The van der Waals surface area contributed by atoms with E-state index in [9.17, 15) is 14.4 Å². The van der Waals surface area contributed by atoms with Crippen molar-refractivity contribution in [2.45, 2.75) is 26.8 Å². The molecule has 11 nitrogen and oxygen atoms in total. The first-order chi connectivity index (χ1) is 20.3. The van der Waals surface area contributed by atoms with Gasteiger partial charge in [0, 0.05) is 0 Å². The summed E-state index contributed by atoms with van der Waals surface area (Å²) in [6, 6.07) is 9.51. The van der Waals surface area contributed by atoms with Crippen LogP contribution in [0.3, 0.4) is 0 Å². The lowest BCUT2D eigenvalue weighted by Crippen LogP contribution is -2.39. The summed E-state index contributed by atoms with van der Waals surface area (Å²) in [5, 5.41) is 0. The van der Waals surface area contributed by atoms with E-state index in [1.807, 2.05) is 0 Å². The highest BCUT2D eigenvalue weighted by Crippen LogP contribution is 2.36. The highest BCUT2D eigenvalue weighted by Gasteiger charge is 2.34. The highest BCUT2D eigenvalue weighted by atomic mass is 32.1. The number of rotatable bonds is 11. The summed E-state index contributed by atoms with van der Waals surface area (Å²) >= 11 is 1.19. The lowest BCUT2D eigenvalue weighted by Gasteiger charge is -2.25. The molecule has 0 saturated heterocycles. The van der Waals surface area contributed by atoms with E-state index < -0.39 is 18.0 Å². The number of esters is 2. The normalized spacial score (nSPS) is 14.5. The van der Waals surface area contributed by atoms with Gasteiger partial charge in [0.1, 0.15) is 0 Å². The van der Waals surface area contributed by atoms with Crippen LogP contribution in [0.1, 0.15) is 37.9 Å². The lowest BCUT2D eigenvalue weighted by atomic mass is 9.95. The van der Waals surface area contributed by atoms with E-state index in [1.165, 1.54) is 37.2 Å². The van der Waals surface area contributed by atoms with E-state index in [0.29, 0.717) is 49.2 Å². The largest absolute Gasteiger partial charge is 0.493 e. The van der Waals surface area contributed by atoms with Gasteiger partial charge in [-0.2, -0.15) is 0 Å². The van der Waals surface area contributed by atoms with Crippen LogP contribution in [0.5, 0.6) is 23.0 Å². The number of methoxy groups -OCH3 is 3. The Kier molecular flexibility index (Phi) is 9.68. The van der Waals surface area contributed by atoms with Crippen LogP contribution in [-0.2, 0) is 19.1 Å². The molecule has 1 aliphatic heterocycles. The molecular formula is C30H32N2O9S. The van der Waals surface area contributed by atoms with Crippen molar-refractivity contribution in [1.82, 2.24) is 4.57 Å². The molecule has 0 spiro atoms. The maximum Gasteiger partial charge on any atom is 0.344 e. The molecule has 0 unspecified atom stereocenters. The van der Waals surface area contributed by atoms with Crippen molar-refractivity contribution < 1.29 is 38.0 Å². The number of nitrogens with zero attached hydrogens (tertiary/aromatic N) is 2. The van der Waals surface area contributed by atoms with Crippen molar-refractivity contribution >= 4 is 29.4 Å². The van der Waals surface area contributed by atoms with E-state index in [4.69, 9.17) is 28.4 Å². The van der Waals surface area contributed by atoms with Crippen LogP contribution < -0.4 is 33.8 Å². The number of fused-ring (bicyclic) bond motifs is 1. The molecule has 12 heteroatoms. The second-order valence-corrected chi connectivity index (χ2v) is 9.93. The number of thiazole rings is 1. The predicted octanol–water partition coefficient (Wildman–Crippen LogP) is 2.77. The molecule has 1 aliphatic rings. The van der Waals surface area contributed by atoms with Crippen molar-refractivity contribution in [3.8, 4) is 23.0 Å². The van der Waals surface area contributed by atoms with E-state index in [1.54, 1.807) is 63.2 Å². The van der Waals surface area contributed by atoms with Crippen molar-refractivity contribution in [2.75, 3.05) is 41.2 Å². The Hall–Kier alpha value is -4.58. The molecule has 2 heterocycles. The number of carbonyl (C=O) groups is 2. The molecule has 0 amide bonds. The summed E-state index contributed by atoms with van der Waals surface area (Å²) < 4.78 is 34.0. The van der Waals surface area contributed by atoms with Gasteiger partial charge in [-0.1, -0.05) is 23.5 Å². The first-order valence-corrected chi connectivity index (χ1v) is 14.0. The maximum atomic E-state index is 13.9. The molecule has 2 aromatic carbocycles. The minimum atomic E-state index is -0.810. The fourth-order valence-corrected chi connectivity index (χ4v) is 5.56. The average Bonchev–Trinajstić information content (AvgIpc) is 3.29. The molecule has 1 atom stereocenters. The van der Waals surface area contributed by atoms with Crippen molar-refractivity contribution in [1.29, 1.82) is 0 Å². The number of ether oxygens (including phenoxy) is 6. The van der Waals surface area contributed by atoms with Crippen molar-refractivity contribution in [3.05, 3.63) is 78.5 Å². The fraction of sp³-hybridized carbons (Fsp3) is 0.333. The Morgan fingerprint density at radius 3 is 2.26 bits per heavy atom. The lowest BCUT2D eigenvalue weighted by molar-refractivity contribution is -0.145. The molecule has 3 aromatic rings. The molecule has 4 rings (SSSR count). The van der Waals surface area contributed by atoms with E-state index >= 15 is 0 Å². The standard InChI is InChI=1S/C30H32N2O9S/c1-7-39-25(33)16-41-21-11-9-18(13-22(21)37-5)14-24-28(34)32-27(19-10-12-20(36-4)23(15-19)38-6)26(29(35)40-8-2)17(3)31-30(32)42-24/h9-15,27H,7-8,16H2,1-6H3/b24-14-/t27-/m1/s1. The summed E-state index contributed by atoms with van der Waals surface area (Å²) in [7, 11) is 4.53. The third kappa shape index (κ3) is 6.18. The summed E-state index contributed by atoms with van der Waals surface area (Å²) in [6.45, 7) is 5.31. The molecule has 222 valence electrons. The van der Waals surface area contributed by atoms with Gasteiger partial charge in [-0.25, -0.2) is 14.6 Å². The number of allylic oxidation sites excluding steroid dienone is 1. The van der Waals surface area contributed by atoms with Crippen LogP contribution in [0, 0.1) is 0 Å². The monoisotopic (exact) mass is 596 g/mol. The Bertz CT molecular complexity index is 1700. The van der Waals surface area contributed by atoms with Gasteiger partial charge in [0.15, 0.2) is 34.4 Å². The molecule has 0 fully saturated rings. The molecule has 0 saturated carbocycles. The zero-order valence-corrected chi connectivity index (χ0v) is 25.0. The third-order valence-electron chi connectivity index (χ3n) is 6.38. The number of hydrogen-bond donors (Lipinski definition) is 0.